The maximum absolute atomic E-state index is 14.6. The van der Waals surface area contributed by atoms with Crippen molar-refractivity contribution in [3.8, 4) is 11.3 Å². The standard InChI is InChI=1S/C25H29FN6O3/c1-15-13-34-10-8-31(15)23-19-6-7-21(17-4-5-18(20(26)12-17)24(33)27-3)28-22(19)29-25(30-23)32-9-11-35-14-16(32)2/h4-7,12,15-16H,8-11,13-14H2,1-3H3,(H,27,33)/t15-,16-/m0/s1. The molecular formula is C25H29FN6O3. The van der Waals surface area contributed by atoms with E-state index in [-0.39, 0.29) is 17.6 Å². The molecule has 9 nitrogen and oxygen atoms in total. The fraction of sp³-hybridized carbons (Fsp3) is 0.440. The zero-order valence-corrected chi connectivity index (χ0v) is 20.1. The van der Waals surface area contributed by atoms with Crippen LogP contribution in [0.3, 0.4) is 0 Å². The van der Waals surface area contributed by atoms with Crippen LogP contribution in [0.2, 0.25) is 0 Å². The second kappa shape index (κ2) is 9.71. The molecule has 0 spiro atoms. The van der Waals surface area contributed by atoms with E-state index in [1.165, 1.54) is 19.2 Å². The maximum Gasteiger partial charge on any atom is 0.253 e. The third-order valence-electron chi connectivity index (χ3n) is 6.53. The minimum absolute atomic E-state index is 0.00783. The fourth-order valence-corrected chi connectivity index (χ4v) is 4.55. The number of amides is 1. The van der Waals surface area contributed by atoms with Gasteiger partial charge in [-0.15, -0.1) is 0 Å². The fourth-order valence-electron chi connectivity index (χ4n) is 4.55. The number of morpholine rings is 2. The summed E-state index contributed by atoms with van der Waals surface area (Å²) in [6.45, 7) is 8.08. The van der Waals surface area contributed by atoms with Crippen LogP contribution in [0.25, 0.3) is 22.3 Å². The third-order valence-corrected chi connectivity index (χ3v) is 6.53. The monoisotopic (exact) mass is 480 g/mol. The minimum atomic E-state index is -0.600. The number of aromatic nitrogens is 3. The van der Waals surface area contributed by atoms with E-state index in [4.69, 9.17) is 24.4 Å². The SMILES string of the molecule is CNC(=O)c1ccc(-c2ccc3c(N4CCOC[C@@H]4C)nc(N4CCOC[C@@H]4C)nc3n2)cc1F. The molecule has 0 bridgehead atoms. The largest absolute Gasteiger partial charge is 0.377 e. The van der Waals surface area contributed by atoms with Crippen molar-refractivity contribution in [2.45, 2.75) is 25.9 Å². The van der Waals surface area contributed by atoms with E-state index in [2.05, 4.69) is 29.0 Å². The van der Waals surface area contributed by atoms with Crippen LogP contribution >= 0.6 is 0 Å². The number of carbonyl (C=O) groups excluding carboxylic acids is 1. The van der Waals surface area contributed by atoms with Gasteiger partial charge in [0.15, 0.2) is 5.65 Å². The molecule has 3 aromatic rings. The molecule has 2 saturated heterocycles. The zero-order valence-electron chi connectivity index (χ0n) is 20.1. The Labute approximate surface area is 203 Å². The number of anilines is 2. The van der Waals surface area contributed by atoms with Gasteiger partial charge in [0.1, 0.15) is 11.6 Å². The van der Waals surface area contributed by atoms with E-state index < -0.39 is 11.7 Å². The van der Waals surface area contributed by atoms with Gasteiger partial charge in [-0.1, -0.05) is 6.07 Å². The van der Waals surface area contributed by atoms with Gasteiger partial charge in [0, 0.05) is 25.7 Å². The summed E-state index contributed by atoms with van der Waals surface area (Å²) < 4.78 is 25.9. The Hall–Kier alpha value is -3.37. The van der Waals surface area contributed by atoms with Gasteiger partial charge >= 0.3 is 0 Å². The molecule has 2 aliphatic heterocycles. The van der Waals surface area contributed by atoms with E-state index in [1.807, 2.05) is 12.1 Å². The molecule has 184 valence electrons. The third kappa shape index (κ3) is 4.51. The number of hydrogen-bond acceptors (Lipinski definition) is 8. The Morgan fingerprint density at radius 2 is 1.71 bits per heavy atom. The van der Waals surface area contributed by atoms with E-state index in [9.17, 15) is 9.18 Å². The Morgan fingerprint density at radius 3 is 2.37 bits per heavy atom. The van der Waals surface area contributed by atoms with Crippen molar-refractivity contribution in [1.82, 2.24) is 20.3 Å². The highest BCUT2D eigenvalue weighted by Crippen LogP contribution is 2.31. The Bertz CT molecular complexity index is 1260. The number of nitrogens with one attached hydrogen (secondary N) is 1. The first-order valence-electron chi connectivity index (χ1n) is 11.9. The summed E-state index contributed by atoms with van der Waals surface area (Å²) in [5.41, 5.74) is 1.67. The Kier molecular flexibility index (Phi) is 6.48. The number of pyridine rings is 1. The first kappa shape index (κ1) is 23.4. The molecule has 10 heteroatoms. The van der Waals surface area contributed by atoms with Gasteiger partial charge in [-0.2, -0.15) is 9.97 Å². The first-order chi connectivity index (χ1) is 17.0. The molecule has 2 aromatic heterocycles. The quantitative estimate of drug-likeness (QED) is 0.609. The highest BCUT2D eigenvalue weighted by molar-refractivity contribution is 5.95. The van der Waals surface area contributed by atoms with Gasteiger partial charge in [-0.25, -0.2) is 9.37 Å². The lowest BCUT2D eigenvalue weighted by molar-refractivity contribution is 0.0958. The zero-order chi connectivity index (χ0) is 24.5. The molecule has 35 heavy (non-hydrogen) atoms. The summed E-state index contributed by atoms with van der Waals surface area (Å²) in [6, 6.07) is 8.55. The second-order valence-corrected chi connectivity index (χ2v) is 8.92. The van der Waals surface area contributed by atoms with Crippen LogP contribution < -0.4 is 15.1 Å². The number of hydrogen-bond donors (Lipinski definition) is 1. The molecule has 0 radical (unpaired) electrons. The van der Waals surface area contributed by atoms with E-state index in [0.29, 0.717) is 55.8 Å². The molecular weight excluding hydrogens is 451 g/mol. The molecule has 2 atom stereocenters. The molecule has 1 amide bonds. The minimum Gasteiger partial charge on any atom is -0.377 e. The summed E-state index contributed by atoms with van der Waals surface area (Å²) in [4.78, 5) is 30.9. The van der Waals surface area contributed by atoms with Crippen molar-refractivity contribution >= 4 is 28.7 Å². The van der Waals surface area contributed by atoms with Gasteiger partial charge in [0.2, 0.25) is 5.95 Å². The molecule has 5 rings (SSSR count). The number of rotatable bonds is 4. The Balaban J connectivity index is 1.62. The van der Waals surface area contributed by atoms with Crippen molar-refractivity contribution in [2.75, 3.05) is 56.4 Å². The predicted molar refractivity (Wildman–Crippen MR) is 131 cm³/mol. The molecule has 4 heterocycles. The maximum atomic E-state index is 14.6. The van der Waals surface area contributed by atoms with Crippen LogP contribution in [-0.4, -0.2) is 79.5 Å². The van der Waals surface area contributed by atoms with E-state index in [0.717, 1.165) is 17.7 Å². The lowest BCUT2D eigenvalue weighted by Gasteiger charge is -2.37. The number of benzene rings is 1. The smallest absolute Gasteiger partial charge is 0.253 e. The van der Waals surface area contributed by atoms with Gasteiger partial charge in [0.25, 0.3) is 5.91 Å². The molecule has 0 aliphatic carbocycles. The highest BCUT2D eigenvalue weighted by atomic mass is 19.1. The number of carbonyl (C=O) groups is 1. The molecule has 1 N–H and O–H groups in total. The van der Waals surface area contributed by atoms with Crippen molar-refractivity contribution in [2.24, 2.45) is 0 Å². The van der Waals surface area contributed by atoms with Crippen molar-refractivity contribution in [1.29, 1.82) is 0 Å². The normalized spacial score (nSPS) is 20.8. The lowest BCUT2D eigenvalue weighted by atomic mass is 10.1. The summed E-state index contributed by atoms with van der Waals surface area (Å²) >= 11 is 0. The summed E-state index contributed by atoms with van der Waals surface area (Å²) in [5, 5.41) is 3.28. The molecule has 1 aromatic carbocycles. The molecule has 2 aliphatic rings. The number of halogens is 1. The van der Waals surface area contributed by atoms with E-state index >= 15 is 0 Å². The molecule has 0 unspecified atom stereocenters. The van der Waals surface area contributed by atoms with Gasteiger partial charge < -0.3 is 24.6 Å². The van der Waals surface area contributed by atoms with Crippen LogP contribution in [0.5, 0.6) is 0 Å². The van der Waals surface area contributed by atoms with Crippen molar-refractivity contribution < 1.29 is 18.7 Å². The molecule has 0 saturated carbocycles. The Morgan fingerprint density at radius 1 is 1.00 bits per heavy atom. The summed E-state index contributed by atoms with van der Waals surface area (Å²) in [7, 11) is 1.47. The summed E-state index contributed by atoms with van der Waals surface area (Å²) in [6.07, 6.45) is 0. The van der Waals surface area contributed by atoms with Crippen LogP contribution in [0.1, 0.15) is 24.2 Å². The highest BCUT2D eigenvalue weighted by Gasteiger charge is 2.27. The number of fused-ring (bicyclic) bond motifs is 1. The van der Waals surface area contributed by atoms with Crippen molar-refractivity contribution in [3.63, 3.8) is 0 Å². The van der Waals surface area contributed by atoms with Crippen LogP contribution in [0.4, 0.5) is 16.2 Å². The number of nitrogens with zero attached hydrogens (tertiary/aromatic N) is 5. The van der Waals surface area contributed by atoms with Crippen molar-refractivity contribution in [3.05, 3.63) is 41.7 Å². The van der Waals surface area contributed by atoms with E-state index in [1.54, 1.807) is 6.07 Å². The van der Waals surface area contributed by atoms with Crippen LogP contribution in [0.15, 0.2) is 30.3 Å². The summed E-state index contributed by atoms with van der Waals surface area (Å²) in [5.74, 6) is 0.353. The van der Waals surface area contributed by atoms with Gasteiger partial charge in [-0.3, -0.25) is 4.79 Å². The topological polar surface area (TPSA) is 92.7 Å². The van der Waals surface area contributed by atoms with Crippen LogP contribution in [0, 0.1) is 5.82 Å². The number of ether oxygens (including phenoxy) is 2. The van der Waals surface area contributed by atoms with Gasteiger partial charge in [-0.05, 0) is 38.1 Å². The average molecular weight is 481 g/mol. The van der Waals surface area contributed by atoms with Crippen LogP contribution in [-0.2, 0) is 9.47 Å². The molecule has 2 fully saturated rings. The lowest BCUT2D eigenvalue weighted by Crippen LogP contribution is -2.46. The predicted octanol–water partition coefficient (Wildman–Crippen LogP) is 2.64. The second-order valence-electron chi connectivity index (χ2n) is 8.92. The van der Waals surface area contributed by atoms with Gasteiger partial charge in [0.05, 0.1) is 55.2 Å². The average Bonchev–Trinajstić information content (AvgIpc) is 2.88. The first-order valence-corrected chi connectivity index (χ1v) is 11.9.